The van der Waals surface area contributed by atoms with Crippen LogP contribution in [0.3, 0.4) is 0 Å². The molecule has 2 rings (SSSR count). The molecule has 2 aromatic rings. The Morgan fingerprint density at radius 1 is 1.17 bits per heavy atom. The lowest BCUT2D eigenvalue weighted by Crippen LogP contribution is -1.93. The zero-order chi connectivity index (χ0) is 13.3. The van der Waals surface area contributed by atoms with Gasteiger partial charge in [-0.1, -0.05) is 41.4 Å². The van der Waals surface area contributed by atoms with Gasteiger partial charge in [-0.25, -0.2) is 0 Å². The highest BCUT2D eigenvalue weighted by Crippen LogP contribution is 2.35. The monoisotopic (exact) mass is 285 g/mol. The van der Waals surface area contributed by atoms with E-state index in [4.69, 9.17) is 23.2 Å². The summed E-state index contributed by atoms with van der Waals surface area (Å²) in [6.45, 7) is 0. The van der Waals surface area contributed by atoms with Crippen LogP contribution in [-0.2, 0) is 0 Å². The highest BCUT2D eigenvalue weighted by Gasteiger charge is 2.16. The number of nitro groups is 1. The van der Waals surface area contributed by atoms with Crippen LogP contribution >= 0.6 is 23.2 Å². The molecular formula is C12H6Cl2FNO2. The molecular weight excluding hydrogens is 280 g/mol. The maximum Gasteiger partial charge on any atom is 0.305 e. The van der Waals surface area contributed by atoms with E-state index in [0.717, 1.165) is 12.1 Å². The second kappa shape index (κ2) is 4.92. The molecule has 0 radical (unpaired) electrons. The van der Waals surface area contributed by atoms with E-state index in [1.807, 2.05) is 0 Å². The van der Waals surface area contributed by atoms with Crippen LogP contribution in [0.4, 0.5) is 10.1 Å². The van der Waals surface area contributed by atoms with Gasteiger partial charge in [-0.3, -0.25) is 10.1 Å². The maximum atomic E-state index is 13.2. The van der Waals surface area contributed by atoms with Crippen LogP contribution in [0.25, 0.3) is 11.1 Å². The molecule has 18 heavy (non-hydrogen) atoms. The van der Waals surface area contributed by atoms with Crippen LogP contribution in [0.2, 0.25) is 10.0 Å². The summed E-state index contributed by atoms with van der Waals surface area (Å²) in [5.41, 5.74) is 0.367. The highest BCUT2D eigenvalue weighted by molar-refractivity contribution is 6.43. The molecule has 0 atom stereocenters. The van der Waals surface area contributed by atoms with E-state index < -0.39 is 16.4 Å². The molecule has 0 aromatic heterocycles. The van der Waals surface area contributed by atoms with E-state index in [-0.39, 0.29) is 5.02 Å². The lowest BCUT2D eigenvalue weighted by atomic mass is 10.0. The van der Waals surface area contributed by atoms with E-state index in [9.17, 15) is 14.5 Å². The van der Waals surface area contributed by atoms with Gasteiger partial charge in [0.1, 0.15) is 0 Å². The van der Waals surface area contributed by atoms with Gasteiger partial charge in [-0.15, -0.1) is 0 Å². The Morgan fingerprint density at radius 3 is 2.56 bits per heavy atom. The molecule has 0 unspecified atom stereocenters. The molecule has 0 fully saturated rings. The van der Waals surface area contributed by atoms with Gasteiger partial charge in [-0.2, -0.15) is 4.39 Å². The number of halogens is 3. The van der Waals surface area contributed by atoms with Gasteiger partial charge in [0.05, 0.1) is 15.0 Å². The summed E-state index contributed by atoms with van der Waals surface area (Å²) in [5, 5.41) is 11.3. The summed E-state index contributed by atoms with van der Waals surface area (Å²) in [6, 6.07) is 8.51. The number of rotatable bonds is 2. The van der Waals surface area contributed by atoms with Crippen molar-refractivity contribution in [2.75, 3.05) is 0 Å². The van der Waals surface area contributed by atoms with Gasteiger partial charge in [0, 0.05) is 11.6 Å². The summed E-state index contributed by atoms with van der Waals surface area (Å²) >= 11 is 11.9. The average molecular weight is 286 g/mol. The first-order valence-electron chi connectivity index (χ1n) is 4.89. The van der Waals surface area contributed by atoms with Crippen molar-refractivity contribution < 1.29 is 9.31 Å². The van der Waals surface area contributed by atoms with Gasteiger partial charge in [0.2, 0.25) is 5.82 Å². The molecule has 0 N–H and O–H groups in total. The third kappa shape index (κ3) is 2.30. The number of nitro benzene ring substituents is 1. The van der Waals surface area contributed by atoms with E-state index in [2.05, 4.69) is 0 Å². The van der Waals surface area contributed by atoms with Crippen molar-refractivity contribution >= 4 is 28.9 Å². The van der Waals surface area contributed by atoms with Crippen LogP contribution < -0.4 is 0 Å². The lowest BCUT2D eigenvalue weighted by molar-refractivity contribution is -0.387. The van der Waals surface area contributed by atoms with Crippen LogP contribution in [0.5, 0.6) is 0 Å². The Balaban J connectivity index is 2.62. The van der Waals surface area contributed by atoms with Crippen LogP contribution in [-0.4, -0.2) is 4.92 Å². The topological polar surface area (TPSA) is 43.1 Å². The Morgan fingerprint density at radius 2 is 1.89 bits per heavy atom. The largest absolute Gasteiger partial charge is 0.305 e. The molecule has 0 saturated heterocycles. The fourth-order valence-corrected chi connectivity index (χ4v) is 1.96. The van der Waals surface area contributed by atoms with Gasteiger partial charge < -0.3 is 0 Å². The molecule has 3 nitrogen and oxygen atoms in total. The molecule has 0 spiro atoms. The average Bonchev–Trinajstić information content (AvgIpc) is 2.33. The minimum Gasteiger partial charge on any atom is -0.258 e. The van der Waals surface area contributed by atoms with Gasteiger partial charge >= 0.3 is 5.69 Å². The van der Waals surface area contributed by atoms with Gasteiger partial charge in [0.15, 0.2) is 0 Å². The lowest BCUT2D eigenvalue weighted by Gasteiger charge is -2.06. The van der Waals surface area contributed by atoms with Crippen molar-refractivity contribution in [3.05, 3.63) is 62.4 Å². The first kappa shape index (κ1) is 12.8. The standard InChI is InChI=1S/C12H6Cl2FNO2/c13-9-3-1-2-8(12(9)14)7-4-5-10(15)11(6-7)16(17)18/h1-6H. The van der Waals surface area contributed by atoms with Crippen molar-refractivity contribution in [2.24, 2.45) is 0 Å². The van der Waals surface area contributed by atoms with E-state index >= 15 is 0 Å². The molecule has 2 aromatic carbocycles. The van der Waals surface area contributed by atoms with E-state index in [1.165, 1.54) is 6.07 Å². The fourth-order valence-electron chi connectivity index (χ4n) is 1.55. The number of hydrogen-bond acceptors (Lipinski definition) is 2. The Hall–Kier alpha value is -1.65. The van der Waals surface area contributed by atoms with E-state index in [0.29, 0.717) is 16.1 Å². The van der Waals surface area contributed by atoms with E-state index in [1.54, 1.807) is 18.2 Å². The van der Waals surface area contributed by atoms with Crippen LogP contribution in [0.1, 0.15) is 0 Å². The van der Waals surface area contributed by atoms with Crippen LogP contribution in [0, 0.1) is 15.9 Å². The number of benzene rings is 2. The maximum absolute atomic E-state index is 13.2. The predicted octanol–water partition coefficient (Wildman–Crippen LogP) is 4.71. The quantitative estimate of drug-likeness (QED) is 0.592. The van der Waals surface area contributed by atoms with Gasteiger partial charge in [0.25, 0.3) is 0 Å². The molecule has 0 heterocycles. The van der Waals surface area contributed by atoms with Crippen LogP contribution in [0.15, 0.2) is 36.4 Å². The molecule has 0 amide bonds. The minimum absolute atomic E-state index is 0.278. The van der Waals surface area contributed by atoms with Crippen molar-refractivity contribution in [1.29, 1.82) is 0 Å². The summed E-state index contributed by atoms with van der Waals surface area (Å²) in [7, 11) is 0. The van der Waals surface area contributed by atoms with Gasteiger partial charge in [-0.05, 0) is 17.7 Å². The second-order valence-electron chi connectivity index (χ2n) is 3.52. The molecule has 92 valence electrons. The van der Waals surface area contributed by atoms with Crippen molar-refractivity contribution in [1.82, 2.24) is 0 Å². The molecule has 6 heteroatoms. The summed E-state index contributed by atoms with van der Waals surface area (Å²) in [4.78, 5) is 9.88. The Labute approximate surface area is 112 Å². The summed E-state index contributed by atoms with van der Waals surface area (Å²) in [5.74, 6) is -0.887. The zero-order valence-corrected chi connectivity index (χ0v) is 10.4. The highest BCUT2D eigenvalue weighted by atomic mass is 35.5. The fraction of sp³-hybridized carbons (Fsp3) is 0. The zero-order valence-electron chi connectivity index (χ0n) is 8.86. The predicted molar refractivity (Wildman–Crippen MR) is 68.5 cm³/mol. The number of nitrogens with zero attached hydrogens (tertiary/aromatic N) is 1. The minimum atomic E-state index is -0.887. The Bertz CT molecular complexity index is 631. The van der Waals surface area contributed by atoms with Crippen molar-refractivity contribution in [3.8, 4) is 11.1 Å². The third-order valence-corrected chi connectivity index (χ3v) is 3.22. The molecule has 0 aliphatic rings. The normalized spacial score (nSPS) is 10.4. The van der Waals surface area contributed by atoms with Crippen molar-refractivity contribution in [3.63, 3.8) is 0 Å². The molecule has 0 aliphatic heterocycles. The molecule has 0 saturated carbocycles. The molecule has 0 aliphatic carbocycles. The molecule has 0 bridgehead atoms. The second-order valence-corrected chi connectivity index (χ2v) is 4.31. The van der Waals surface area contributed by atoms with Crippen molar-refractivity contribution in [2.45, 2.75) is 0 Å². The number of hydrogen-bond donors (Lipinski definition) is 0. The summed E-state index contributed by atoms with van der Waals surface area (Å²) < 4.78 is 13.2. The first-order valence-corrected chi connectivity index (χ1v) is 5.64. The summed E-state index contributed by atoms with van der Waals surface area (Å²) in [6.07, 6.45) is 0. The first-order chi connectivity index (χ1) is 8.50. The Kier molecular flexibility index (Phi) is 3.50. The SMILES string of the molecule is O=[N+]([O-])c1cc(-c2cccc(Cl)c2Cl)ccc1F. The smallest absolute Gasteiger partial charge is 0.258 e. The third-order valence-electron chi connectivity index (χ3n) is 2.41.